The van der Waals surface area contributed by atoms with Crippen LogP contribution in [-0.4, -0.2) is 49.2 Å². The second kappa shape index (κ2) is 8.37. The molecule has 0 spiro atoms. The van der Waals surface area contributed by atoms with Gasteiger partial charge < -0.3 is 20.5 Å². The fourth-order valence-corrected chi connectivity index (χ4v) is 0.967. The molecule has 0 rings (SSSR count). The molecule has 6 nitrogen and oxygen atoms in total. The number of hydrogen-bond donors (Lipinski definition) is 4. The zero-order valence-corrected chi connectivity index (χ0v) is 9.42. The largest absolute Gasteiger partial charge is 0.453 e. The Morgan fingerprint density at radius 3 is 2.67 bits per heavy atom. The number of thiol groups is 1. The third kappa shape index (κ3) is 6.19. The van der Waals surface area contributed by atoms with Crippen molar-refractivity contribution >= 4 is 24.6 Å². The number of aliphatic hydroxyl groups is 1. The zero-order chi connectivity index (χ0) is 11.7. The van der Waals surface area contributed by atoms with Crippen molar-refractivity contribution in [2.75, 3.05) is 26.0 Å². The molecule has 0 aromatic rings. The third-order valence-electron chi connectivity index (χ3n) is 1.61. The predicted molar refractivity (Wildman–Crippen MR) is 57.9 cm³/mol. The standard InChI is InChI=1S/C8H16N2O4S/c1-14-8(13)10-6(5-11)7(12)9-3-2-4-15/h6,11,15H,2-5H2,1H3,(H,9,12)(H,10,13)/t6-/m0/s1. The van der Waals surface area contributed by atoms with E-state index < -0.39 is 24.6 Å². The van der Waals surface area contributed by atoms with E-state index in [1.165, 1.54) is 7.11 Å². The van der Waals surface area contributed by atoms with Crippen molar-refractivity contribution < 1.29 is 19.4 Å². The van der Waals surface area contributed by atoms with Crippen LogP contribution in [0.15, 0.2) is 0 Å². The highest BCUT2D eigenvalue weighted by Gasteiger charge is 2.19. The van der Waals surface area contributed by atoms with Gasteiger partial charge in [0, 0.05) is 6.54 Å². The van der Waals surface area contributed by atoms with E-state index in [2.05, 4.69) is 28.0 Å². The molecule has 0 bridgehead atoms. The minimum Gasteiger partial charge on any atom is -0.453 e. The second-order valence-electron chi connectivity index (χ2n) is 2.74. The molecule has 0 aromatic heterocycles. The number of aliphatic hydroxyl groups excluding tert-OH is 1. The normalized spacial score (nSPS) is 11.7. The Labute approximate surface area is 93.8 Å². The smallest absolute Gasteiger partial charge is 0.407 e. The summed E-state index contributed by atoms with van der Waals surface area (Å²) < 4.78 is 4.30. The van der Waals surface area contributed by atoms with Crippen LogP contribution in [0.2, 0.25) is 0 Å². The van der Waals surface area contributed by atoms with E-state index in [-0.39, 0.29) is 0 Å². The van der Waals surface area contributed by atoms with E-state index >= 15 is 0 Å². The van der Waals surface area contributed by atoms with Crippen LogP contribution < -0.4 is 10.6 Å². The van der Waals surface area contributed by atoms with Crippen LogP contribution in [-0.2, 0) is 9.53 Å². The van der Waals surface area contributed by atoms with Crippen LogP contribution >= 0.6 is 12.6 Å². The fourth-order valence-electron chi connectivity index (χ4n) is 0.809. The van der Waals surface area contributed by atoms with E-state index in [0.29, 0.717) is 12.3 Å². The average Bonchev–Trinajstić information content (AvgIpc) is 2.25. The molecule has 0 heterocycles. The molecule has 0 aliphatic heterocycles. The van der Waals surface area contributed by atoms with Gasteiger partial charge in [0.15, 0.2) is 0 Å². The first kappa shape index (κ1) is 14.1. The number of nitrogens with one attached hydrogen (secondary N) is 2. The Balaban J connectivity index is 3.93. The van der Waals surface area contributed by atoms with Crippen LogP contribution in [0.4, 0.5) is 4.79 Å². The van der Waals surface area contributed by atoms with Crippen LogP contribution in [0.5, 0.6) is 0 Å². The first-order valence-corrected chi connectivity index (χ1v) is 5.12. The lowest BCUT2D eigenvalue weighted by Gasteiger charge is -2.14. The molecule has 15 heavy (non-hydrogen) atoms. The Morgan fingerprint density at radius 1 is 1.53 bits per heavy atom. The lowest BCUT2D eigenvalue weighted by Crippen LogP contribution is -2.49. The zero-order valence-electron chi connectivity index (χ0n) is 8.52. The summed E-state index contributed by atoms with van der Waals surface area (Å²) in [7, 11) is 1.18. The van der Waals surface area contributed by atoms with Crippen molar-refractivity contribution in [1.29, 1.82) is 0 Å². The molecule has 1 atom stereocenters. The molecule has 0 aliphatic rings. The number of alkyl carbamates (subject to hydrolysis) is 1. The van der Waals surface area contributed by atoms with Crippen molar-refractivity contribution in [3.63, 3.8) is 0 Å². The Kier molecular flexibility index (Phi) is 7.84. The van der Waals surface area contributed by atoms with Crippen LogP contribution in [0.25, 0.3) is 0 Å². The van der Waals surface area contributed by atoms with Crippen LogP contribution in [0, 0.1) is 0 Å². The van der Waals surface area contributed by atoms with E-state index in [1.54, 1.807) is 0 Å². The lowest BCUT2D eigenvalue weighted by molar-refractivity contribution is -0.123. The molecule has 0 unspecified atom stereocenters. The van der Waals surface area contributed by atoms with Gasteiger partial charge in [-0.15, -0.1) is 0 Å². The number of ether oxygens (including phenoxy) is 1. The second-order valence-corrected chi connectivity index (χ2v) is 3.19. The number of rotatable bonds is 6. The number of methoxy groups -OCH3 is 1. The topological polar surface area (TPSA) is 87.7 Å². The molecule has 2 amide bonds. The van der Waals surface area contributed by atoms with E-state index in [0.717, 1.165) is 6.42 Å². The van der Waals surface area contributed by atoms with Crippen molar-refractivity contribution in [2.45, 2.75) is 12.5 Å². The molecule has 0 fully saturated rings. The molecule has 0 aromatic carbocycles. The van der Waals surface area contributed by atoms with E-state index in [1.807, 2.05) is 0 Å². The molecule has 88 valence electrons. The minimum atomic E-state index is -0.975. The first-order chi connectivity index (χ1) is 7.15. The van der Waals surface area contributed by atoms with E-state index in [9.17, 15) is 9.59 Å². The Morgan fingerprint density at radius 2 is 2.20 bits per heavy atom. The first-order valence-electron chi connectivity index (χ1n) is 4.49. The SMILES string of the molecule is COC(=O)N[C@@H](CO)C(=O)NCCCS. The molecule has 0 saturated heterocycles. The van der Waals surface area contributed by atoms with Gasteiger partial charge in [0.1, 0.15) is 6.04 Å². The average molecular weight is 236 g/mol. The molecule has 0 radical (unpaired) electrons. The minimum absolute atomic E-state index is 0.440. The van der Waals surface area contributed by atoms with Gasteiger partial charge in [-0.25, -0.2) is 4.79 Å². The van der Waals surface area contributed by atoms with Gasteiger partial charge in [0.2, 0.25) is 5.91 Å². The summed E-state index contributed by atoms with van der Waals surface area (Å²) in [6, 6.07) is -0.975. The van der Waals surface area contributed by atoms with Gasteiger partial charge in [0.05, 0.1) is 13.7 Å². The quantitative estimate of drug-likeness (QED) is 0.357. The summed E-state index contributed by atoms with van der Waals surface area (Å²) in [5.41, 5.74) is 0. The van der Waals surface area contributed by atoms with Crippen molar-refractivity contribution in [3.8, 4) is 0 Å². The van der Waals surface area contributed by atoms with Gasteiger partial charge in [-0.1, -0.05) is 0 Å². The molecule has 0 aliphatic carbocycles. The maximum atomic E-state index is 11.3. The Hall–Kier alpha value is -0.950. The number of carbonyl (C=O) groups excluding carboxylic acids is 2. The van der Waals surface area contributed by atoms with Gasteiger partial charge in [-0.05, 0) is 12.2 Å². The highest BCUT2D eigenvalue weighted by atomic mass is 32.1. The monoisotopic (exact) mass is 236 g/mol. The summed E-state index contributed by atoms with van der Waals surface area (Å²) in [5.74, 6) is 0.221. The lowest BCUT2D eigenvalue weighted by atomic mass is 10.3. The van der Waals surface area contributed by atoms with Crippen LogP contribution in [0.3, 0.4) is 0 Å². The highest BCUT2D eigenvalue weighted by Crippen LogP contribution is 1.86. The van der Waals surface area contributed by atoms with Crippen LogP contribution in [0.1, 0.15) is 6.42 Å². The maximum absolute atomic E-state index is 11.3. The van der Waals surface area contributed by atoms with Gasteiger partial charge in [-0.3, -0.25) is 4.79 Å². The van der Waals surface area contributed by atoms with Crippen molar-refractivity contribution in [2.24, 2.45) is 0 Å². The summed E-state index contributed by atoms with van der Waals surface area (Å²) in [4.78, 5) is 22.1. The maximum Gasteiger partial charge on any atom is 0.407 e. The van der Waals surface area contributed by atoms with E-state index in [4.69, 9.17) is 5.11 Å². The molecular weight excluding hydrogens is 220 g/mol. The number of amides is 2. The Bertz CT molecular complexity index is 213. The summed E-state index contributed by atoms with van der Waals surface area (Å²) in [5, 5.41) is 13.6. The van der Waals surface area contributed by atoms with Crippen molar-refractivity contribution in [1.82, 2.24) is 10.6 Å². The number of hydrogen-bond acceptors (Lipinski definition) is 5. The molecule has 7 heteroatoms. The number of carbonyl (C=O) groups is 2. The van der Waals surface area contributed by atoms with Gasteiger partial charge in [0.25, 0.3) is 0 Å². The summed E-state index contributed by atoms with van der Waals surface area (Å²) in [6.45, 7) is -0.0104. The van der Waals surface area contributed by atoms with Crippen molar-refractivity contribution in [3.05, 3.63) is 0 Å². The highest BCUT2D eigenvalue weighted by molar-refractivity contribution is 7.80. The predicted octanol–water partition coefficient (Wildman–Crippen LogP) is -0.861. The molecular formula is C8H16N2O4S. The van der Waals surface area contributed by atoms with Gasteiger partial charge >= 0.3 is 6.09 Å². The van der Waals surface area contributed by atoms with Gasteiger partial charge in [-0.2, -0.15) is 12.6 Å². The third-order valence-corrected chi connectivity index (χ3v) is 1.93. The molecule has 0 saturated carbocycles. The molecule has 3 N–H and O–H groups in total. The summed E-state index contributed by atoms with van der Waals surface area (Å²) in [6.07, 6.45) is -0.0241. The summed E-state index contributed by atoms with van der Waals surface area (Å²) >= 11 is 3.98. The fraction of sp³-hybridized carbons (Fsp3) is 0.750.